The van der Waals surface area contributed by atoms with E-state index in [1.165, 1.54) is 0 Å². The minimum Gasteiger partial charge on any atom is -0.454 e. The highest BCUT2D eigenvalue weighted by molar-refractivity contribution is 6.07. The van der Waals surface area contributed by atoms with Crippen LogP contribution in [0, 0.1) is 0 Å². The number of pyridine rings is 1. The summed E-state index contributed by atoms with van der Waals surface area (Å²) in [6.45, 7) is 4.32. The maximum absolute atomic E-state index is 6.11. The van der Waals surface area contributed by atoms with Gasteiger partial charge in [0.2, 0.25) is 0 Å². The zero-order valence-electron chi connectivity index (χ0n) is 12.7. The number of hydrogen-bond donors (Lipinski definition) is 0. The average molecular weight is 287 g/mol. The van der Waals surface area contributed by atoms with Crippen LogP contribution in [0.4, 0.5) is 0 Å². The van der Waals surface area contributed by atoms with E-state index in [9.17, 15) is 0 Å². The lowest BCUT2D eigenvalue weighted by molar-refractivity contribution is 0.668. The first-order valence-electron chi connectivity index (χ1n) is 7.61. The summed E-state index contributed by atoms with van der Waals surface area (Å²) in [6, 6.07) is 20.7. The number of furan rings is 1. The van der Waals surface area contributed by atoms with Crippen molar-refractivity contribution >= 4 is 22.1 Å². The fourth-order valence-corrected chi connectivity index (χ4v) is 2.85. The summed E-state index contributed by atoms with van der Waals surface area (Å²) in [7, 11) is 0. The van der Waals surface area contributed by atoms with Crippen LogP contribution >= 0.6 is 0 Å². The standard InChI is InChI=1S/C20H17NO/c1-13(2)17-11-12-18-19(21-17)16-10-6-9-15(20(16)22-18)14-7-4-3-5-8-14/h3-13H,1-2H3. The lowest BCUT2D eigenvalue weighted by atomic mass is 10.0. The van der Waals surface area contributed by atoms with Crippen LogP contribution in [0.2, 0.25) is 0 Å². The third kappa shape index (κ3) is 2.00. The maximum Gasteiger partial charge on any atom is 0.153 e. The van der Waals surface area contributed by atoms with E-state index in [1.807, 2.05) is 24.3 Å². The van der Waals surface area contributed by atoms with Crippen molar-refractivity contribution in [2.75, 3.05) is 0 Å². The molecule has 4 aromatic rings. The van der Waals surface area contributed by atoms with Gasteiger partial charge in [0.05, 0.1) is 0 Å². The van der Waals surface area contributed by atoms with E-state index in [4.69, 9.17) is 9.40 Å². The van der Waals surface area contributed by atoms with Gasteiger partial charge in [0, 0.05) is 16.6 Å². The van der Waals surface area contributed by atoms with Crippen molar-refractivity contribution in [2.24, 2.45) is 0 Å². The van der Waals surface area contributed by atoms with Crippen molar-refractivity contribution in [3.8, 4) is 11.1 Å². The van der Waals surface area contributed by atoms with E-state index < -0.39 is 0 Å². The summed E-state index contributed by atoms with van der Waals surface area (Å²) in [5, 5.41) is 1.08. The van der Waals surface area contributed by atoms with Gasteiger partial charge in [-0.15, -0.1) is 0 Å². The predicted octanol–water partition coefficient (Wildman–Crippen LogP) is 5.77. The van der Waals surface area contributed by atoms with Gasteiger partial charge in [-0.1, -0.05) is 56.3 Å². The molecule has 0 aliphatic rings. The lowest BCUT2D eigenvalue weighted by Gasteiger charge is -2.03. The van der Waals surface area contributed by atoms with E-state index in [0.717, 1.165) is 38.9 Å². The van der Waals surface area contributed by atoms with Gasteiger partial charge < -0.3 is 4.42 Å². The molecule has 0 amide bonds. The molecule has 0 bridgehead atoms. The highest BCUT2D eigenvalue weighted by Gasteiger charge is 2.14. The molecule has 2 heteroatoms. The van der Waals surface area contributed by atoms with Crippen LogP contribution in [0.25, 0.3) is 33.2 Å². The number of hydrogen-bond acceptors (Lipinski definition) is 2. The van der Waals surface area contributed by atoms with Gasteiger partial charge in [0.15, 0.2) is 5.58 Å². The summed E-state index contributed by atoms with van der Waals surface area (Å²) in [5.74, 6) is 0.409. The third-order valence-electron chi connectivity index (χ3n) is 4.04. The van der Waals surface area contributed by atoms with Crippen LogP contribution in [0.1, 0.15) is 25.5 Å². The Labute approximate surface area is 129 Å². The smallest absolute Gasteiger partial charge is 0.153 e. The molecular weight excluding hydrogens is 270 g/mol. The van der Waals surface area contributed by atoms with Crippen molar-refractivity contribution in [1.82, 2.24) is 4.98 Å². The van der Waals surface area contributed by atoms with Crippen LogP contribution in [-0.2, 0) is 0 Å². The number of aromatic nitrogens is 1. The van der Waals surface area contributed by atoms with Gasteiger partial charge in [-0.05, 0) is 29.7 Å². The van der Waals surface area contributed by atoms with Crippen LogP contribution in [0.3, 0.4) is 0 Å². The van der Waals surface area contributed by atoms with Gasteiger partial charge in [-0.3, -0.25) is 0 Å². The molecule has 0 spiro atoms. The van der Waals surface area contributed by atoms with Crippen molar-refractivity contribution in [3.05, 3.63) is 66.4 Å². The number of nitrogens with zero attached hydrogens (tertiary/aromatic N) is 1. The molecule has 4 rings (SSSR count). The van der Waals surface area contributed by atoms with Gasteiger partial charge in [-0.2, -0.15) is 0 Å². The van der Waals surface area contributed by atoms with Crippen molar-refractivity contribution in [3.63, 3.8) is 0 Å². The largest absolute Gasteiger partial charge is 0.454 e. The Morgan fingerprint density at radius 2 is 1.68 bits per heavy atom. The summed E-state index contributed by atoms with van der Waals surface area (Å²) < 4.78 is 6.11. The molecule has 108 valence electrons. The molecule has 0 radical (unpaired) electrons. The summed E-state index contributed by atoms with van der Waals surface area (Å²) in [5.41, 5.74) is 6.10. The lowest BCUT2D eigenvalue weighted by Crippen LogP contribution is -1.91. The Hall–Kier alpha value is -2.61. The molecule has 0 saturated heterocycles. The SMILES string of the molecule is CC(C)c1ccc2oc3c(-c4ccccc4)cccc3c2n1. The quantitative estimate of drug-likeness (QED) is 0.467. The van der Waals surface area contributed by atoms with Gasteiger partial charge in [0.1, 0.15) is 11.1 Å². The molecule has 2 aromatic carbocycles. The zero-order chi connectivity index (χ0) is 15.1. The van der Waals surface area contributed by atoms with Crippen molar-refractivity contribution in [1.29, 1.82) is 0 Å². The Kier molecular flexibility index (Phi) is 2.97. The molecule has 2 nitrogen and oxygen atoms in total. The molecule has 0 atom stereocenters. The number of benzene rings is 2. The summed E-state index contributed by atoms with van der Waals surface area (Å²) >= 11 is 0. The van der Waals surface area contributed by atoms with Crippen molar-refractivity contribution in [2.45, 2.75) is 19.8 Å². The van der Waals surface area contributed by atoms with Crippen molar-refractivity contribution < 1.29 is 4.42 Å². The van der Waals surface area contributed by atoms with E-state index in [1.54, 1.807) is 0 Å². The maximum atomic E-state index is 6.11. The second-order valence-corrected chi connectivity index (χ2v) is 5.89. The molecule has 0 unspecified atom stereocenters. The molecule has 0 fully saturated rings. The molecular formula is C20H17NO. The first-order chi connectivity index (χ1) is 10.7. The second-order valence-electron chi connectivity index (χ2n) is 5.89. The molecule has 0 N–H and O–H groups in total. The summed E-state index contributed by atoms with van der Waals surface area (Å²) in [4.78, 5) is 4.80. The molecule has 0 aliphatic carbocycles. The molecule has 0 saturated carbocycles. The fourth-order valence-electron chi connectivity index (χ4n) is 2.85. The molecule has 2 aromatic heterocycles. The van der Waals surface area contributed by atoms with E-state index in [2.05, 4.69) is 50.2 Å². The Morgan fingerprint density at radius 3 is 2.45 bits per heavy atom. The normalized spacial score (nSPS) is 11.6. The van der Waals surface area contributed by atoms with Gasteiger partial charge in [-0.25, -0.2) is 4.98 Å². The van der Waals surface area contributed by atoms with Crippen LogP contribution in [0.15, 0.2) is 65.1 Å². The van der Waals surface area contributed by atoms with E-state index in [-0.39, 0.29) is 0 Å². The fraction of sp³-hybridized carbons (Fsp3) is 0.150. The monoisotopic (exact) mass is 287 g/mol. The van der Waals surface area contributed by atoms with Crippen LogP contribution in [-0.4, -0.2) is 4.98 Å². The highest BCUT2D eigenvalue weighted by atomic mass is 16.3. The first-order valence-corrected chi connectivity index (χ1v) is 7.61. The Bertz CT molecular complexity index is 951. The number of rotatable bonds is 2. The van der Waals surface area contributed by atoms with Gasteiger partial charge >= 0.3 is 0 Å². The number of fused-ring (bicyclic) bond motifs is 3. The number of para-hydroxylation sites is 1. The summed E-state index contributed by atoms with van der Waals surface area (Å²) in [6.07, 6.45) is 0. The minimum atomic E-state index is 0.409. The molecule has 2 heterocycles. The predicted molar refractivity (Wildman–Crippen MR) is 91.0 cm³/mol. The van der Waals surface area contributed by atoms with E-state index >= 15 is 0 Å². The second kappa shape index (κ2) is 4.99. The van der Waals surface area contributed by atoms with Crippen LogP contribution < -0.4 is 0 Å². The first kappa shape index (κ1) is 13.1. The minimum absolute atomic E-state index is 0.409. The highest BCUT2D eigenvalue weighted by Crippen LogP contribution is 2.35. The zero-order valence-corrected chi connectivity index (χ0v) is 12.7. The van der Waals surface area contributed by atoms with Gasteiger partial charge in [0.25, 0.3) is 0 Å². The topological polar surface area (TPSA) is 26.0 Å². The Balaban J connectivity index is 2.04. The Morgan fingerprint density at radius 1 is 0.864 bits per heavy atom. The average Bonchev–Trinajstić information content (AvgIpc) is 2.93. The van der Waals surface area contributed by atoms with Crippen LogP contribution in [0.5, 0.6) is 0 Å². The van der Waals surface area contributed by atoms with E-state index in [0.29, 0.717) is 5.92 Å². The molecule has 22 heavy (non-hydrogen) atoms. The molecule has 0 aliphatic heterocycles. The third-order valence-corrected chi connectivity index (χ3v) is 4.04.